The number of nitrogens with one attached hydrogen (secondary N) is 1. The Morgan fingerprint density at radius 3 is 3.11 bits per heavy atom. The first-order valence-corrected chi connectivity index (χ1v) is 7.17. The largest absolute Gasteiger partial charge is 0.312 e. The van der Waals surface area contributed by atoms with Gasteiger partial charge in [0.2, 0.25) is 0 Å². The molecule has 4 nitrogen and oxygen atoms in total. The van der Waals surface area contributed by atoms with E-state index >= 15 is 0 Å². The van der Waals surface area contributed by atoms with E-state index in [2.05, 4.69) is 30.3 Å². The van der Waals surface area contributed by atoms with Crippen molar-refractivity contribution in [3.8, 4) is 11.3 Å². The minimum Gasteiger partial charge on any atom is -0.312 e. The van der Waals surface area contributed by atoms with E-state index in [1.165, 1.54) is 23.4 Å². The molecule has 2 heterocycles. The van der Waals surface area contributed by atoms with Crippen LogP contribution in [0.2, 0.25) is 0 Å². The van der Waals surface area contributed by atoms with E-state index in [1.807, 2.05) is 24.3 Å². The number of rotatable bonds is 2. The Balaban J connectivity index is 2.25. The van der Waals surface area contributed by atoms with Gasteiger partial charge in [0.15, 0.2) is 0 Å². The molecule has 0 atom stereocenters. The minimum absolute atomic E-state index is 0.139. The average molecular weight is 322 g/mol. The molecule has 0 aliphatic rings. The fraction of sp³-hybridized carbons (Fsp3) is 0.0833. The zero-order chi connectivity index (χ0) is 12.5. The molecule has 0 aliphatic carbocycles. The van der Waals surface area contributed by atoms with E-state index in [4.69, 9.17) is 0 Å². The van der Waals surface area contributed by atoms with Crippen LogP contribution in [0.1, 0.15) is 5.56 Å². The summed E-state index contributed by atoms with van der Waals surface area (Å²) in [5.41, 5.74) is 3.44. The van der Waals surface area contributed by atoms with Gasteiger partial charge >= 0.3 is 0 Å². The summed E-state index contributed by atoms with van der Waals surface area (Å²) in [7, 11) is 0. The smallest absolute Gasteiger partial charge is 0.270 e. The van der Waals surface area contributed by atoms with Gasteiger partial charge in [-0.1, -0.05) is 34.1 Å². The number of aromatic nitrogens is 3. The van der Waals surface area contributed by atoms with Crippen LogP contribution in [0.15, 0.2) is 35.4 Å². The van der Waals surface area contributed by atoms with E-state index < -0.39 is 0 Å². The highest BCUT2D eigenvalue weighted by molar-refractivity contribution is 9.08. The van der Waals surface area contributed by atoms with E-state index in [0.717, 1.165) is 16.6 Å². The molecule has 0 spiro atoms. The summed E-state index contributed by atoms with van der Waals surface area (Å²) in [6.07, 6.45) is 1.41. The summed E-state index contributed by atoms with van der Waals surface area (Å²) in [6, 6.07) is 8.03. The fourth-order valence-electron chi connectivity index (χ4n) is 1.77. The predicted octanol–water partition coefficient (Wildman–Crippen LogP) is 2.94. The molecular weight excluding hydrogens is 314 g/mol. The number of halogens is 1. The van der Waals surface area contributed by atoms with Gasteiger partial charge in [0.05, 0.1) is 6.33 Å². The fourth-order valence-corrected chi connectivity index (χ4v) is 2.87. The normalized spacial score (nSPS) is 10.9. The number of alkyl halides is 1. The molecule has 3 rings (SSSR count). The molecule has 0 saturated heterocycles. The molecule has 3 aromatic rings. The van der Waals surface area contributed by atoms with Gasteiger partial charge in [0.25, 0.3) is 5.56 Å². The van der Waals surface area contributed by atoms with Crippen molar-refractivity contribution in [3.63, 3.8) is 0 Å². The van der Waals surface area contributed by atoms with E-state index in [9.17, 15) is 4.79 Å². The zero-order valence-electron chi connectivity index (χ0n) is 9.18. The second-order valence-electron chi connectivity index (χ2n) is 3.77. The molecule has 1 N–H and O–H groups in total. The Morgan fingerprint density at radius 1 is 1.39 bits per heavy atom. The summed E-state index contributed by atoms with van der Waals surface area (Å²) >= 11 is 4.61. The van der Waals surface area contributed by atoms with Gasteiger partial charge in [0, 0.05) is 10.9 Å². The molecule has 0 fully saturated rings. The van der Waals surface area contributed by atoms with Gasteiger partial charge in [-0.05, 0) is 23.2 Å². The number of hydrogen-bond acceptors (Lipinski definition) is 4. The Morgan fingerprint density at radius 2 is 2.28 bits per heavy atom. The lowest BCUT2D eigenvalue weighted by Gasteiger charge is -2.00. The first kappa shape index (κ1) is 11.6. The van der Waals surface area contributed by atoms with Crippen LogP contribution in [0.25, 0.3) is 21.5 Å². The Kier molecular flexibility index (Phi) is 2.97. The van der Waals surface area contributed by atoms with Gasteiger partial charge in [-0.3, -0.25) is 4.79 Å². The summed E-state index contributed by atoms with van der Waals surface area (Å²) in [4.78, 5) is 18.4. The topological polar surface area (TPSA) is 58.6 Å². The van der Waals surface area contributed by atoms with Crippen molar-refractivity contribution in [2.75, 3.05) is 0 Å². The Labute approximate surface area is 115 Å². The molecule has 0 amide bonds. The molecule has 6 heteroatoms. The van der Waals surface area contributed by atoms with Gasteiger partial charge in [-0.15, -0.1) is 0 Å². The SMILES string of the molecule is O=c1[nH]cnc2c(-c3cccc(CBr)c3)nsc12. The number of aromatic amines is 1. The van der Waals surface area contributed by atoms with E-state index in [1.54, 1.807) is 0 Å². The van der Waals surface area contributed by atoms with E-state index in [-0.39, 0.29) is 5.56 Å². The van der Waals surface area contributed by atoms with Crippen LogP contribution in [-0.2, 0) is 5.33 Å². The van der Waals surface area contributed by atoms with Crippen LogP contribution in [0, 0.1) is 0 Å². The molecule has 0 radical (unpaired) electrons. The van der Waals surface area contributed by atoms with Crippen molar-refractivity contribution in [2.45, 2.75) is 5.33 Å². The quantitative estimate of drug-likeness (QED) is 0.738. The molecule has 0 unspecified atom stereocenters. The van der Waals surface area contributed by atoms with Gasteiger partial charge in [-0.2, -0.15) is 4.37 Å². The Hall–Kier alpha value is -1.53. The van der Waals surface area contributed by atoms with Crippen LogP contribution in [0.4, 0.5) is 0 Å². The molecule has 90 valence electrons. The molecular formula is C12H8BrN3OS. The summed E-state index contributed by atoms with van der Waals surface area (Å²) in [5.74, 6) is 0. The van der Waals surface area contributed by atoms with Crippen LogP contribution in [0.5, 0.6) is 0 Å². The lowest BCUT2D eigenvalue weighted by molar-refractivity contribution is 1.18. The average Bonchev–Trinajstić information content (AvgIpc) is 2.84. The van der Waals surface area contributed by atoms with Crippen molar-refractivity contribution < 1.29 is 0 Å². The van der Waals surface area contributed by atoms with Crippen molar-refractivity contribution in [1.82, 2.24) is 14.3 Å². The molecule has 18 heavy (non-hydrogen) atoms. The van der Waals surface area contributed by atoms with E-state index in [0.29, 0.717) is 10.2 Å². The van der Waals surface area contributed by atoms with Gasteiger partial charge < -0.3 is 4.98 Å². The summed E-state index contributed by atoms with van der Waals surface area (Å²) in [6.45, 7) is 0. The number of fused-ring (bicyclic) bond motifs is 1. The number of benzene rings is 1. The van der Waals surface area contributed by atoms with Crippen molar-refractivity contribution >= 4 is 37.7 Å². The lowest BCUT2D eigenvalue weighted by Crippen LogP contribution is -2.03. The van der Waals surface area contributed by atoms with Crippen molar-refractivity contribution in [3.05, 3.63) is 46.5 Å². The maximum absolute atomic E-state index is 11.6. The van der Waals surface area contributed by atoms with Crippen LogP contribution in [-0.4, -0.2) is 14.3 Å². The van der Waals surface area contributed by atoms with Crippen molar-refractivity contribution in [2.24, 2.45) is 0 Å². The number of hydrogen-bond donors (Lipinski definition) is 1. The first-order chi connectivity index (χ1) is 8.79. The second kappa shape index (κ2) is 4.62. The molecule has 2 aromatic heterocycles. The highest BCUT2D eigenvalue weighted by atomic mass is 79.9. The molecule has 0 aliphatic heterocycles. The standard InChI is InChI=1S/C12H8BrN3OS/c13-5-7-2-1-3-8(4-7)9-10-11(18-16-9)12(17)15-6-14-10/h1-4,6H,5H2,(H,14,15,17). The third kappa shape index (κ3) is 1.87. The summed E-state index contributed by atoms with van der Waals surface area (Å²) < 4.78 is 4.91. The van der Waals surface area contributed by atoms with Gasteiger partial charge in [0.1, 0.15) is 15.9 Å². The maximum Gasteiger partial charge on any atom is 0.270 e. The third-order valence-corrected chi connectivity index (χ3v) is 4.10. The predicted molar refractivity (Wildman–Crippen MR) is 76.1 cm³/mol. The number of H-pyrrole nitrogens is 1. The molecule has 0 bridgehead atoms. The highest BCUT2D eigenvalue weighted by Gasteiger charge is 2.12. The first-order valence-electron chi connectivity index (χ1n) is 5.28. The van der Waals surface area contributed by atoms with Gasteiger partial charge in [-0.25, -0.2) is 4.98 Å². The second-order valence-corrected chi connectivity index (χ2v) is 5.11. The summed E-state index contributed by atoms with van der Waals surface area (Å²) in [5, 5.41) is 0.789. The molecule has 0 saturated carbocycles. The van der Waals surface area contributed by atoms with Crippen LogP contribution < -0.4 is 5.56 Å². The highest BCUT2D eigenvalue weighted by Crippen LogP contribution is 2.27. The minimum atomic E-state index is -0.139. The third-order valence-electron chi connectivity index (χ3n) is 2.62. The maximum atomic E-state index is 11.6. The zero-order valence-corrected chi connectivity index (χ0v) is 11.6. The Bertz CT molecular complexity index is 765. The van der Waals surface area contributed by atoms with Crippen LogP contribution in [0.3, 0.4) is 0 Å². The lowest BCUT2D eigenvalue weighted by atomic mass is 10.1. The van der Waals surface area contributed by atoms with Crippen LogP contribution >= 0.6 is 27.5 Å². The molecule has 1 aromatic carbocycles. The van der Waals surface area contributed by atoms with Crippen molar-refractivity contribution in [1.29, 1.82) is 0 Å². The number of nitrogens with zero attached hydrogens (tertiary/aromatic N) is 2. The monoisotopic (exact) mass is 321 g/mol.